The van der Waals surface area contributed by atoms with Crippen molar-refractivity contribution in [1.82, 2.24) is 9.97 Å². The van der Waals surface area contributed by atoms with Crippen LogP contribution >= 0.6 is 54.2 Å². The second-order valence-electron chi connectivity index (χ2n) is 7.44. The van der Waals surface area contributed by atoms with Gasteiger partial charge in [-0.15, -0.1) is 11.3 Å². The molecule has 0 radical (unpaired) electrons. The number of pyridine rings is 1. The number of thiazole rings is 1. The predicted octanol–water partition coefficient (Wildman–Crippen LogP) is 1.20. The van der Waals surface area contributed by atoms with Gasteiger partial charge in [0.1, 0.15) is 10.3 Å². The van der Waals surface area contributed by atoms with Gasteiger partial charge in [0, 0.05) is 62.9 Å². The first kappa shape index (κ1) is 31.9. The molecule has 0 amide bonds. The Kier molecular flexibility index (Phi) is 9.89. The summed E-state index contributed by atoms with van der Waals surface area (Å²) in [6.07, 6.45) is 2.78. The minimum Gasteiger partial charge on any atom is -0.396 e. The fourth-order valence-electron chi connectivity index (χ4n) is 3.20. The van der Waals surface area contributed by atoms with Gasteiger partial charge in [0.2, 0.25) is 8.72 Å². The highest BCUT2D eigenvalue weighted by atomic mass is 35.5. The average Bonchev–Trinajstić information content (AvgIpc) is 3.56. The largest absolute Gasteiger partial charge is 0.396 e. The summed E-state index contributed by atoms with van der Waals surface area (Å²) in [5.74, 6) is 0. The first-order valence-electron chi connectivity index (χ1n) is 10.4. The molecule has 0 bridgehead atoms. The first-order chi connectivity index (χ1) is 18.2. The predicted molar refractivity (Wildman–Crippen MR) is 157 cm³/mol. The van der Waals surface area contributed by atoms with Gasteiger partial charge in [0.15, 0.2) is 10.2 Å². The number of aliphatic hydroxyl groups is 2. The van der Waals surface area contributed by atoms with Crippen LogP contribution in [0.25, 0.3) is 0 Å². The van der Waals surface area contributed by atoms with E-state index in [-0.39, 0.29) is 65.1 Å². The van der Waals surface area contributed by atoms with E-state index >= 15 is 0 Å². The summed E-state index contributed by atoms with van der Waals surface area (Å²) in [4.78, 5) is 15.5. The lowest BCUT2D eigenvalue weighted by Gasteiger charge is -2.31. The number of nitrogens with zero attached hydrogens (tertiary/aromatic N) is 4. The topological polar surface area (TPSA) is 263 Å². The van der Waals surface area contributed by atoms with Crippen molar-refractivity contribution in [1.29, 1.82) is 0 Å². The zero-order valence-electron chi connectivity index (χ0n) is 19.7. The highest BCUT2D eigenvalue weighted by Crippen LogP contribution is 2.62. The molecule has 0 spiro atoms. The van der Waals surface area contributed by atoms with Crippen LogP contribution in [0, 0.1) is 0 Å². The molecule has 4 heterocycles. The number of nitrogens with two attached hydrogens (primary N) is 4. The second kappa shape index (κ2) is 12.1. The molecule has 2 aromatic heterocycles. The summed E-state index contributed by atoms with van der Waals surface area (Å²) >= 11 is 12.7. The molecule has 39 heavy (non-hydrogen) atoms. The van der Waals surface area contributed by atoms with Gasteiger partial charge in [-0.05, 0) is 12.1 Å². The van der Waals surface area contributed by atoms with Crippen LogP contribution in [0.4, 0.5) is 0 Å². The van der Waals surface area contributed by atoms with Crippen molar-refractivity contribution < 1.29 is 27.0 Å². The Morgan fingerprint density at radius 2 is 1.51 bits per heavy atom. The molecule has 1 unspecified atom stereocenters. The van der Waals surface area contributed by atoms with E-state index in [4.69, 9.17) is 54.6 Å². The molecule has 4 rings (SSSR count). The minimum absolute atomic E-state index is 0.0130. The number of hydrogen-bond donors (Lipinski definition) is 6. The summed E-state index contributed by atoms with van der Waals surface area (Å²) < 4.78 is 49.6. The van der Waals surface area contributed by atoms with E-state index in [0.717, 1.165) is 11.3 Å². The number of sulfone groups is 1. The lowest BCUT2D eigenvalue weighted by Crippen LogP contribution is -2.33. The van der Waals surface area contributed by atoms with Crippen molar-refractivity contribution in [3.05, 3.63) is 56.1 Å². The average molecular weight is 680 g/mol. The summed E-state index contributed by atoms with van der Waals surface area (Å²) in [6.45, 7) is -0.549. The van der Waals surface area contributed by atoms with Crippen LogP contribution in [0.5, 0.6) is 0 Å². The maximum Gasteiger partial charge on any atom is 0.258 e. The fraction of sp³-hybridized carbons (Fsp3) is 0.222. The highest BCUT2D eigenvalue weighted by Gasteiger charge is 2.48. The van der Waals surface area contributed by atoms with Gasteiger partial charge >= 0.3 is 0 Å². The maximum atomic E-state index is 12.7. The Labute approximate surface area is 240 Å². The smallest absolute Gasteiger partial charge is 0.258 e. The van der Waals surface area contributed by atoms with Crippen LogP contribution in [0.3, 0.4) is 0 Å². The fourth-order valence-corrected chi connectivity index (χ4v) is 15.3. The van der Waals surface area contributed by atoms with E-state index in [9.17, 15) is 16.8 Å². The standard InChI is InChI=1S/C10H13ClN4O3S2.C8H11ClN4O3S3/c11-9-7(4-6-16)19(13,10(12)15-9)20(17,18)8-3-1-2-5-14-8;9-6-5(1-3-14)18(10,11)8(13-6)19(15,16)7-12-2-4-17-7/h1-3,5,16H,4,6,13H2,(H2,12,15);2,4,14H,1,3,10-11H2. The normalized spacial score (nSPS) is 23.5. The molecule has 2 aliphatic heterocycles. The molecule has 216 valence electrons. The third kappa shape index (κ3) is 5.76. The van der Waals surface area contributed by atoms with Gasteiger partial charge in [0.25, 0.3) is 18.7 Å². The van der Waals surface area contributed by atoms with Crippen molar-refractivity contribution in [3.8, 4) is 0 Å². The summed E-state index contributed by atoms with van der Waals surface area (Å²) in [7, 11) is -13.9. The van der Waals surface area contributed by atoms with Crippen LogP contribution in [0.15, 0.2) is 75.4 Å². The Bertz CT molecular complexity index is 1580. The molecular weight excluding hydrogens is 655 g/mol. The van der Waals surface area contributed by atoms with Gasteiger partial charge in [-0.25, -0.2) is 36.8 Å². The van der Waals surface area contributed by atoms with Gasteiger partial charge in [-0.3, -0.25) is 15.4 Å². The number of aromatic nitrogens is 2. The van der Waals surface area contributed by atoms with Gasteiger partial charge in [-0.1, -0.05) is 39.7 Å². The molecule has 2 aromatic rings. The SMILES string of the molecule is NC1=NC(Cl)=C(CCO)S1(N)S(=O)(=O)c1ccccn1.NS1(N)C(S(=O)(=O)c2nccs2)=NC(Cl)=C1CCO. The number of aliphatic hydroxyl groups excluding tert-OH is 2. The maximum absolute atomic E-state index is 12.7. The summed E-state index contributed by atoms with van der Waals surface area (Å²) in [5.41, 5.74) is 5.70. The van der Waals surface area contributed by atoms with Crippen LogP contribution < -0.4 is 21.2 Å². The van der Waals surface area contributed by atoms with Gasteiger partial charge in [0.05, 0.1) is 0 Å². The molecule has 21 heteroatoms. The van der Waals surface area contributed by atoms with Crippen LogP contribution in [0.2, 0.25) is 0 Å². The number of aliphatic imine (C=N–C) groups is 2. The van der Waals surface area contributed by atoms with E-state index < -0.39 is 38.4 Å². The minimum atomic E-state index is -4.05. The Morgan fingerprint density at radius 1 is 0.897 bits per heavy atom. The lowest BCUT2D eigenvalue weighted by molar-refractivity contribution is 0.301. The zero-order chi connectivity index (χ0) is 29.2. The molecular formula is C18H24Cl2N8O6S5. The van der Waals surface area contributed by atoms with Crippen LogP contribution in [0.1, 0.15) is 12.8 Å². The summed E-state index contributed by atoms with van der Waals surface area (Å²) in [5, 5.41) is 36.8. The molecule has 14 nitrogen and oxygen atoms in total. The van der Waals surface area contributed by atoms with Crippen LogP contribution in [-0.4, -0.2) is 59.8 Å². The molecule has 10 N–H and O–H groups in total. The summed E-state index contributed by atoms with van der Waals surface area (Å²) in [6, 6.07) is 4.44. The van der Waals surface area contributed by atoms with Gasteiger partial charge < -0.3 is 15.9 Å². The highest BCUT2D eigenvalue weighted by molar-refractivity contribution is 8.97. The van der Waals surface area contributed by atoms with E-state index in [1.54, 1.807) is 6.07 Å². The first-order valence-corrected chi connectivity index (χ1v) is 19.0. The number of halogens is 2. The van der Waals surface area contributed by atoms with Crippen molar-refractivity contribution in [2.24, 2.45) is 31.1 Å². The quantitative estimate of drug-likeness (QED) is 0.178. The van der Waals surface area contributed by atoms with E-state index in [2.05, 4.69) is 20.0 Å². The Balaban J connectivity index is 0.000000216. The molecule has 0 aromatic carbocycles. The number of rotatable bonds is 7. The van der Waals surface area contributed by atoms with Crippen molar-refractivity contribution in [2.75, 3.05) is 13.2 Å². The number of amidine groups is 1. The zero-order valence-corrected chi connectivity index (χ0v) is 25.3. The molecule has 0 aliphatic carbocycles. The molecule has 2 aliphatic rings. The molecule has 0 saturated carbocycles. The van der Waals surface area contributed by atoms with Gasteiger partial charge in [-0.2, -0.15) is 0 Å². The van der Waals surface area contributed by atoms with E-state index in [0.29, 0.717) is 0 Å². The Hall–Kier alpha value is -1.62. The van der Waals surface area contributed by atoms with Crippen molar-refractivity contribution in [3.63, 3.8) is 0 Å². The monoisotopic (exact) mass is 678 g/mol. The lowest BCUT2D eigenvalue weighted by atomic mass is 10.4. The van der Waals surface area contributed by atoms with E-state index in [1.165, 1.54) is 29.9 Å². The molecule has 0 fully saturated rings. The third-order valence-electron chi connectivity index (χ3n) is 5.02. The second-order valence-corrected chi connectivity index (χ2v) is 20.0. The Morgan fingerprint density at radius 3 is 2.05 bits per heavy atom. The van der Waals surface area contributed by atoms with Crippen molar-refractivity contribution in [2.45, 2.75) is 22.2 Å². The van der Waals surface area contributed by atoms with Crippen molar-refractivity contribution >= 4 is 82.4 Å². The van der Waals surface area contributed by atoms with Crippen LogP contribution in [-0.2, 0) is 18.7 Å². The van der Waals surface area contributed by atoms with E-state index in [1.807, 2.05) is 0 Å². The third-order valence-corrected chi connectivity index (χ3v) is 18.9. The molecule has 1 atom stereocenters. The molecule has 0 saturated heterocycles. The number of hydrogen-bond acceptors (Lipinski definition) is 15.